The molecule has 0 saturated carbocycles. The van der Waals surface area contributed by atoms with Crippen molar-refractivity contribution >= 4 is 81.5 Å². The summed E-state index contributed by atoms with van der Waals surface area (Å²) in [5.41, 5.74) is 0. The van der Waals surface area contributed by atoms with Crippen LogP contribution in [0.15, 0.2) is 0 Å². The molecular formula is C38H56O27. The number of carbonyl (C=O) groups excluding carboxylic acids is 14. The summed E-state index contributed by atoms with van der Waals surface area (Å²) in [6, 6.07) is 0. The summed E-state index contributed by atoms with van der Waals surface area (Å²) in [5, 5.41) is 91.2. The van der Waals surface area contributed by atoms with Crippen molar-refractivity contribution in [3.8, 4) is 0 Å². The van der Waals surface area contributed by atoms with Crippen LogP contribution in [-0.2, 0) is 81.3 Å². The first-order valence-electron chi connectivity index (χ1n) is 17.4. The van der Waals surface area contributed by atoms with Gasteiger partial charge in [-0.2, -0.15) is 0 Å². The number of hydrogen-bond acceptors (Lipinski definition) is 27. The molecular weight excluding hydrogens is 888 g/mol. The van der Waals surface area contributed by atoms with Crippen molar-refractivity contribution in [2.24, 2.45) is 0 Å². The summed E-state index contributed by atoms with van der Waals surface area (Å²) in [6.45, 7) is 5.31. The number of aliphatic hydroxyl groups is 10. The minimum absolute atomic E-state index is 0. The maximum absolute atomic E-state index is 11.6. The van der Waals surface area contributed by atoms with Gasteiger partial charge in [0.2, 0.25) is 0 Å². The molecule has 3 rings (SSSR count). The highest BCUT2D eigenvalue weighted by atomic mass is 16.6. The number of ketones is 11. The van der Waals surface area contributed by atoms with Crippen LogP contribution in [0.4, 0.5) is 0 Å². The Hall–Kier alpha value is -5.62. The van der Waals surface area contributed by atoms with Crippen LogP contribution in [0.5, 0.6) is 0 Å². The standard InChI is InChI=1S/C11H12O10.C10H12O8.C9H12O6.C5H8O3.3CH4/c12-2(4(14)8-6(16)10(18)20-8)1-3(13)5(15)9-7(17)11(19)21-9;1-3(11)6(14)4(12)2-5(13)7(15)9-8(16)10(17)18-9;1-4(10)8(14)6(12)3-7(13)9(15)5(2)11;1-3(6)5(8)4(2)7;;;/h4-9,14-17H,1H2;6-9,14-16H,2H2,1H3;8-9,14-15H,3H2,1-2H3;5,8H,1-2H3;3*1H4. The first-order chi connectivity index (χ1) is 28.3. The molecule has 0 amide bonds. The molecule has 370 valence electrons. The van der Waals surface area contributed by atoms with E-state index in [0.29, 0.717) is 0 Å². The summed E-state index contributed by atoms with van der Waals surface area (Å²) < 4.78 is 13.0. The molecule has 3 aliphatic heterocycles. The number of cyclic esters (lactones) is 3. The van der Waals surface area contributed by atoms with Crippen molar-refractivity contribution in [3.63, 3.8) is 0 Å². The third-order valence-electron chi connectivity index (χ3n) is 8.22. The lowest BCUT2D eigenvalue weighted by Gasteiger charge is -2.35. The average Bonchev–Trinajstić information content (AvgIpc) is 3.21. The van der Waals surface area contributed by atoms with Crippen LogP contribution in [0, 0.1) is 0 Å². The number of esters is 3. The van der Waals surface area contributed by atoms with Crippen LogP contribution in [0.3, 0.4) is 0 Å². The van der Waals surface area contributed by atoms with Crippen LogP contribution < -0.4 is 0 Å². The second-order valence-electron chi connectivity index (χ2n) is 13.4. The lowest BCUT2D eigenvalue weighted by Crippen LogP contribution is -2.60. The van der Waals surface area contributed by atoms with Crippen LogP contribution in [0.25, 0.3) is 0 Å². The zero-order valence-electron chi connectivity index (χ0n) is 33.0. The molecule has 3 aliphatic rings. The van der Waals surface area contributed by atoms with Crippen molar-refractivity contribution in [1.29, 1.82) is 0 Å². The Morgan fingerprint density at radius 2 is 0.538 bits per heavy atom. The zero-order valence-corrected chi connectivity index (χ0v) is 33.0. The number of aliphatic hydroxyl groups excluding tert-OH is 10. The maximum Gasteiger partial charge on any atom is 0.339 e. The predicted octanol–water partition coefficient (Wildman–Crippen LogP) is -7.23. The van der Waals surface area contributed by atoms with Gasteiger partial charge in [0.25, 0.3) is 0 Å². The van der Waals surface area contributed by atoms with Gasteiger partial charge in [0.05, 0.1) is 19.3 Å². The van der Waals surface area contributed by atoms with Crippen molar-refractivity contribution in [1.82, 2.24) is 0 Å². The molecule has 10 N–H and O–H groups in total. The second kappa shape index (κ2) is 29.0. The maximum atomic E-state index is 11.6. The molecule has 0 aliphatic carbocycles. The minimum atomic E-state index is -1.92. The van der Waals surface area contributed by atoms with E-state index < -0.39 is 180 Å². The molecule has 12 atom stereocenters. The molecule has 27 nitrogen and oxygen atoms in total. The molecule has 0 radical (unpaired) electrons. The molecule has 12 unspecified atom stereocenters. The first-order valence-corrected chi connectivity index (χ1v) is 17.4. The Morgan fingerprint density at radius 1 is 0.369 bits per heavy atom. The number of carbonyl (C=O) groups is 14. The molecule has 0 spiro atoms. The van der Waals surface area contributed by atoms with Crippen molar-refractivity contribution in [2.45, 2.75) is 156 Å². The third-order valence-corrected chi connectivity index (χ3v) is 8.22. The average molecular weight is 945 g/mol. The fraction of sp³-hybridized carbons (Fsp3) is 0.632. The van der Waals surface area contributed by atoms with Gasteiger partial charge in [0.15, 0.2) is 143 Å². The van der Waals surface area contributed by atoms with Gasteiger partial charge in [-0.3, -0.25) is 52.7 Å². The highest BCUT2D eigenvalue weighted by Gasteiger charge is 2.51. The van der Waals surface area contributed by atoms with Crippen LogP contribution in [0.1, 0.15) is 76.2 Å². The monoisotopic (exact) mass is 944 g/mol. The van der Waals surface area contributed by atoms with Gasteiger partial charge in [-0.05, 0) is 34.6 Å². The number of rotatable bonds is 20. The second-order valence-corrected chi connectivity index (χ2v) is 13.4. The van der Waals surface area contributed by atoms with E-state index in [4.69, 9.17) is 35.7 Å². The SMILES string of the molecule is C.C.C.CC(=O)C(O)C(=O)CC(=O)C(O)C(C)=O.CC(=O)C(O)C(=O)CC(=O)C(O)C1OC(=O)C1O.CC(=O)C(O)C(C)=O.O=C(CC(=O)C(O)C1OC(=O)C1O)C(O)C1OC(=O)C1O. The Morgan fingerprint density at radius 3 is 0.677 bits per heavy atom. The fourth-order valence-electron chi connectivity index (χ4n) is 4.34. The quantitative estimate of drug-likeness (QED) is 0.0308. The van der Waals surface area contributed by atoms with Gasteiger partial charge in [0, 0.05) is 0 Å². The number of hydrogen-bond donors (Lipinski definition) is 10. The highest BCUT2D eigenvalue weighted by Crippen LogP contribution is 2.23. The minimum Gasteiger partial charge on any atom is -0.454 e. The van der Waals surface area contributed by atoms with E-state index in [1.165, 1.54) is 13.8 Å². The summed E-state index contributed by atoms with van der Waals surface area (Å²) in [4.78, 5) is 152. The topological polar surface area (TPSA) is 469 Å². The van der Waals surface area contributed by atoms with Crippen molar-refractivity contribution in [2.75, 3.05) is 0 Å². The molecule has 3 saturated heterocycles. The molecule has 27 heteroatoms. The summed E-state index contributed by atoms with van der Waals surface area (Å²) >= 11 is 0. The molecule has 0 aromatic carbocycles. The normalized spacial score (nSPS) is 22.5. The predicted molar refractivity (Wildman–Crippen MR) is 207 cm³/mol. The molecule has 0 bridgehead atoms. The number of ether oxygens (including phenoxy) is 3. The highest BCUT2D eigenvalue weighted by molar-refractivity contribution is 6.16. The Balaban J connectivity index is -0.000000392. The lowest BCUT2D eigenvalue weighted by atomic mass is 9.93. The van der Waals surface area contributed by atoms with Gasteiger partial charge >= 0.3 is 17.9 Å². The van der Waals surface area contributed by atoms with Gasteiger partial charge in [-0.1, -0.05) is 22.3 Å². The Labute approximate surface area is 369 Å². The third kappa shape index (κ3) is 19.2. The van der Waals surface area contributed by atoms with E-state index in [9.17, 15) is 82.4 Å². The van der Waals surface area contributed by atoms with Crippen molar-refractivity contribution in [3.05, 3.63) is 0 Å². The molecule has 0 aromatic rings. The van der Waals surface area contributed by atoms with Crippen LogP contribution >= 0.6 is 0 Å². The van der Waals surface area contributed by atoms with E-state index in [1.54, 1.807) is 0 Å². The first kappa shape index (κ1) is 66.0. The zero-order chi connectivity index (χ0) is 48.8. The molecule has 0 aromatic heterocycles. The van der Waals surface area contributed by atoms with E-state index in [0.717, 1.165) is 20.8 Å². The van der Waals surface area contributed by atoms with Gasteiger partial charge in [-0.15, -0.1) is 0 Å². The van der Waals surface area contributed by atoms with Gasteiger partial charge in [-0.25, -0.2) is 14.4 Å². The van der Waals surface area contributed by atoms with E-state index in [1.807, 2.05) is 0 Å². The van der Waals surface area contributed by atoms with E-state index in [2.05, 4.69) is 14.2 Å². The van der Waals surface area contributed by atoms with E-state index in [-0.39, 0.29) is 22.3 Å². The van der Waals surface area contributed by atoms with Gasteiger partial charge < -0.3 is 65.3 Å². The molecule has 65 heavy (non-hydrogen) atoms. The van der Waals surface area contributed by atoms with Crippen molar-refractivity contribution < 1.29 is 132 Å². The Bertz CT molecular complexity index is 1730. The fourth-order valence-corrected chi connectivity index (χ4v) is 4.34. The smallest absolute Gasteiger partial charge is 0.339 e. The molecule has 3 heterocycles. The summed E-state index contributed by atoms with van der Waals surface area (Å²) in [6.07, 6.45) is -24.7. The van der Waals surface area contributed by atoms with Crippen LogP contribution in [0.2, 0.25) is 0 Å². The van der Waals surface area contributed by atoms with E-state index >= 15 is 0 Å². The summed E-state index contributed by atoms with van der Waals surface area (Å²) in [7, 11) is 0. The summed E-state index contributed by atoms with van der Waals surface area (Å²) in [5.74, 6) is -12.7. The lowest BCUT2D eigenvalue weighted by molar-refractivity contribution is -0.213. The molecule has 3 fully saturated rings. The Kier molecular flexibility index (Phi) is 29.5. The largest absolute Gasteiger partial charge is 0.454 e. The number of Topliss-reactive ketones (excluding diaryl/α,β-unsaturated/α-hetero) is 11. The van der Waals surface area contributed by atoms with Gasteiger partial charge in [0.1, 0.15) is 0 Å². The van der Waals surface area contributed by atoms with Crippen LogP contribution in [-0.4, -0.2) is 212 Å².